The predicted molar refractivity (Wildman–Crippen MR) is 260 cm³/mol. The lowest BCUT2D eigenvalue weighted by molar-refractivity contribution is 0.953. The maximum atomic E-state index is 9.57. The summed E-state index contributed by atoms with van der Waals surface area (Å²) in [6.07, 6.45) is 0. The molecular weight excluding hydrogens is 813 g/mol. The van der Waals surface area contributed by atoms with Crippen LogP contribution in [-0.2, 0) is 0 Å². The van der Waals surface area contributed by atoms with Crippen molar-refractivity contribution in [3.63, 3.8) is 0 Å². The number of para-hydroxylation sites is 2. The van der Waals surface area contributed by atoms with Gasteiger partial charge in [-0.2, -0.15) is 15.2 Å². The Morgan fingerprint density at radius 2 is 0.773 bits per heavy atom. The second-order valence-electron chi connectivity index (χ2n) is 15.8. The summed E-state index contributed by atoms with van der Waals surface area (Å²) in [4.78, 5) is 33.9. The van der Waals surface area contributed by atoms with E-state index in [1.807, 2.05) is 91.0 Å². The minimum absolute atomic E-state index is 0.470. The monoisotopic (exact) mass is 844 g/mol. The SMILES string of the molecule is [C-]#[N+]c1ccc(-c2nc(-c3ccccc3)nc(-c3ccc(-n4c5ccccc5c5ccc6c7ccccc7n(-c7nc(-c8ccccc8)nc(-c8ccc(C#N)cc8)n7)c6c54)cc3)n2)cc1. The van der Waals surface area contributed by atoms with Crippen LogP contribution in [0.25, 0.3) is 117 Å². The highest BCUT2D eigenvalue weighted by molar-refractivity contribution is 6.23. The van der Waals surface area contributed by atoms with Crippen molar-refractivity contribution in [2.45, 2.75) is 0 Å². The molecule has 66 heavy (non-hydrogen) atoms. The van der Waals surface area contributed by atoms with Crippen LogP contribution in [0.5, 0.6) is 0 Å². The summed E-state index contributed by atoms with van der Waals surface area (Å²) in [7, 11) is 0. The molecule has 12 rings (SSSR count). The topological polar surface area (TPSA) is 115 Å². The van der Waals surface area contributed by atoms with Crippen LogP contribution < -0.4 is 0 Å². The Hall–Kier alpha value is -9.64. The number of hydrogen-bond donors (Lipinski definition) is 0. The number of fused-ring (bicyclic) bond motifs is 7. The van der Waals surface area contributed by atoms with E-state index in [1.54, 1.807) is 24.3 Å². The molecule has 0 amide bonds. The van der Waals surface area contributed by atoms with E-state index < -0.39 is 0 Å². The molecule has 0 unspecified atom stereocenters. The second kappa shape index (κ2) is 15.6. The highest BCUT2D eigenvalue weighted by Crippen LogP contribution is 2.42. The van der Waals surface area contributed by atoms with E-state index in [1.165, 1.54) is 0 Å². The minimum Gasteiger partial charge on any atom is -0.307 e. The maximum Gasteiger partial charge on any atom is 0.238 e. The molecule has 0 aliphatic carbocycles. The van der Waals surface area contributed by atoms with Crippen LogP contribution >= 0.6 is 0 Å². The Morgan fingerprint density at radius 3 is 1.26 bits per heavy atom. The summed E-state index contributed by atoms with van der Waals surface area (Å²) >= 11 is 0. The van der Waals surface area contributed by atoms with E-state index >= 15 is 0 Å². The third-order valence-electron chi connectivity index (χ3n) is 11.9. The van der Waals surface area contributed by atoms with Crippen molar-refractivity contribution in [3.05, 3.63) is 211 Å². The predicted octanol–water partition coefficient (Wildman–Crippen LogP) is 13.0. The summed E-state index contributed by atoms with van der Waals surface area (Å²) in [5, 5.41) is 13.9. The number of aromatic nitrogens is 8. The molecule has 0 aliphatic rings. The fourth-order valence-electron chi connectivity index (χ4n) is 8.78. The lowest BCUT2D eigenvalue weighted by atomic mass is 10.1. The van der Waals surface area contributed by atoms with Gasteiger partial charge in [-0.3, -0.25) is 4.57 Å². The molecule has 0 fully saturated rings. The molecule has 306 valence electrons. The normalized spacial score (nSPS) is 11.3. The Morgan fingerprint density at radius 1 is 0.379 bits per heavy atom. The van der Waals surface area contributed by atoms with Crippen LogP contribution in [0.15, 0.2) is 194 Å². The summed E-state index contributed by atoms with van der Waals surface area (Å²) in [6, 6.07) is 66.3. The molecule has 0 saturated carbocycles. The Balaban J connectivity index is 1.09. The van der Waals surface area contributed by atoms with Crippen LogP contribution in [0.2, 0.25) is 0 Å². The highest BCUT2D eigenvalue weighted by atomic mass is 15.2. The molecule has 8 aromatic carbocycles. The van der Waals surface area contributed by atoms with E-state index in [0.29, 0.717) is 46.3 Å². The molecule has 10 nitrogen and oxygen atoms in total. The molecule has 4 heterocycles. The second-order valence-corrected chi connectivity index (χ2v) is 15.8. The van der Waals surface area contributed by atoms with Crippen LogP contribution in [0, 0.1) is 17.9 Å². The van der Waals surface area contributed by atoms with Crippen molar-refractivity contribution in [2.75, 3.05) is 0 Å². The van der Waals surface area contributed by atoms with Crippen molar-refractivity contribution in [1.29, 1.82) is 5.26 Å². The van der Waals surface area contributed by atoms with Gasteiger partial charge < -0.3 is 4.57 Å². The molecule has 12 aromatic rings. The Bertz CT molecular complexity index is 3920. The molecule has 0 atom stereocenters. The lowest BCUT2D eigenvalue weighted by Crippen LogP contribution is -2.07. The molecule has 0 N–H and O–H groups in total. The fraction of sp³-hybridized carbons (Fsp3) is 0. The number of hydrogen-bond acceptors (Lipinski definition) is 7. The molecule has 0 saturated heterocycles. The number of benzene rings is 8. The average Bonchev–Trinajstić information content (AvgIpc) is 3.92. The van der Waals surface area contributed by atoms with E-state index in [-0.39, 0.29) is 0 Å². The van der Waals surface area contributed by atoms with Crippen molar-refractivity contribution in [3.8, 4) is 74.6 Å². The van der Waals surface area contributed by atoms with Crippen LogP contribution in [-0.4, -0.2) is 39.0 Å². The molecule has 10 heteroatoms. The smallest absolute Gasteiger partial charge is 0.238 e. The number of rotatable bonds is 7. The van der Waals surface area contributed by atoms with Gasteiger partial charge in [0, 0.05) is 55.0 Å². The quantitative estimate of drug-likeness (QED) is 0.147. The van der Waals surface area contributed by atoms with Crippen LogP contribution in [0.3, 0.4) is 0 Å². The molecular formula is C56H32N10. The zero-order valence-electron chi connectivity index (χ0n) is 34.9. The third kappa shape index (κ3) is 6.41. The van der Waals surface area contributed by atoms with Gasteiger partial charge in [0.15, 0.2) is 34.8 Å². The molecule has 0 aliphatic heterocycles. The van der Waals surface area contributed by atoms with Crippen molar-refractivity contribution < 1.29 is 0 Å². The van der Waals surface area contributed by atoms with Crippen LogP contribution in [0.1, 0.15) is 5.56 Å². The highest BCUT2D eigenvalue weighted by Gasteiger charge is 2.24. The van der Waals surface area contributed by atoms with E-state index in [2.05, 4.69) is 98.9 Å². The van der Waals surface area contributed by atoms with Gasteiger partial charge in [-0.25, -0.2) is 24.8 Å². The first-order valence-electron chi connectivity index (χ1n) is 21.3. The van der Waals surface area contributed by atoms with E-state index in [4.69, 9.17) is 36.5 Å². The number of nitriles is 1. The van der Waals surface area contributed by atoms with Crippen molar-refractivity contribution in [1.82, 2.24) is 39.0 Å². The first-order chi connectivity index (χ1) is 32.6. The van der Waals surface area contributed by atoms with Gasteiger partial charge in [-0.1, -0.05) is 133 Å². The summed E-state index contributed by atoms with van der Waals surface area (Å²) in [5.74, 6) is 3.11. The maximum absolute atomic E-state index is 9.57. The standard InChI is InChI=1S/C56H32N10/c1-58-41-28-24-39(25-29-41)52-59-51(36-12-4-2-5-13-36)60-53(61-52)40-26-30-42(31-27-40)65-47-18-10-8-16-43(47)45-32-33-46-44-17-9-11-19-48(44)66(50(46)49(45)65)56-63-54(37-14-6-3-7-15-37)62-55(64-56)38-22-20-35(34-57)21-23-38/h2-33H. The van der Waals surface area contributed by atoms with Gasteiger partial charge >= 0.3 is 0 Å². The molecule has 0 radical (unpaired) electrons. The van der Waals surface area contributed by atoms with Gasteiger partial charge in [-0.15, -0.1) is 0 Å². The lowest BCUT2D eigenvalue weighted by Gasteiger charge is -2.14. The Kier molecular flexibility index (Phi) is 9.01. The first kappa shape index (κ1) is 38.1. The zero-order valence-corrected chi connectivity index (χ0v) is 34.9. The average molecular weight is 845 g/mol. The van der Waals surface area contributed by atoms with E-state index in [9.17, 15) is 5.26 Å². The third-order valence-corrected chi connectivity index (χ3v) is 11.9. The molecule has 4 aromatic heterocycles. The van der Waals surface area contributed by atoms with Gasteiger partial charge in [0.25, 0.3) is 0 Å². The van der Waals surface area contributed by atoms with Gasteiger partial charge in [0.2, 0.25) is 5.95 Å². The van der Waals surface area contributed by atoms with Crippen LogP contribution in [0.4, 0.5) is 5.69 Å². The molecule has 0 bridgehead atoms. The van der Waals surface area contributed by atoms with Crippen molar-refractivity contribution in [2.24, 2.45) is 0 Å². The first-order valence-corrected chi connectivity index (χ1v) is 21.3. The fourth-order valence-corrected chi connectivity index (χ4v) is 8.78. The van der Waals surface area contributed by atoms with Crippen molar-refractivity contribution >= 4 is 49.3 Å². The zero-order chi connectivity index (χ0) is 44.1. The summed E-state index contributed by atoms with van der Waals surface area (Å²) in [6.45, 7) is 7.44. The largest absolute Gasteiger partial charge is 0.307 e. The minimum atomic E-state index is 0.470. The van der Waals surface area contributed by atoms with E-state index in [0.717, 1.165) is 77.1 Å². The Labute approximate surface area is 377 Å². The van der Waals surface area contributed by atoms with Gasteiger partial charge in [0.1, 0.15) is 0 Å². The molecule has 0 spiro atoms. The summed E-state index contributed by atoms with van der Waals surface area (Å²) < 4.78 is 4.49. The van der Waals surface area contributed by atoms with Gasteiger partial charge in [0.05, 0.1) is 40.3 Å². The number of nitrogens with zero attached hydrogens (tertiary/aromatic N) is 10. The van der Waals surface area contributed by atoms with Gasteiger partial charge in [-0.05, 0) is 60.7 Å². The summed E-state index contributed by atoms with van der Waals surface area (Å²) in [5.41, 5.74) is 10.1.